The molecule has 1 aliphatic heterocycles. The van der Waals surface area contributed by atoms with Crippen LogP contribution in [0.15, 0.2) is 6.07 Å². The van der Waals surface area contributed by atoms with Crippen molar-refractivity contribution in [3.63, 3.8) is 0 Å². The maximum atomic E-state index is 13.7. The highest BCUT2D eigenvalue weighted by Gasteiger charge is 2.16. The quantitative estimate of drug-likeness (QED) is 0.843. The first-order valence-corrected chi connectivity index (χ1v) is 7.12. The Balaban J connectivity index is 1.98. The Labute approximate surface area is 117 Å². The first-order valence-electron chi connectivity index (χ1n) is 7.12. The van der Waals surface area contributed by atoms with Crippen molar-refractivity contribution in [1.82, 2.24) is 4.98 Å². The summed E-state index contributed by atoms with van der Waals surface area (Å²) in [6, 6.07) is 0.872. The Hall–Kier alpha value is -1.43. The fraction of sp³-hybridized carbons (Fsp3) is 0.643. The molecule has 0 atom stereocenters. The van der Waals surface area contributed by atoms with Gasteiger partial charge < -0.3 is 15.4 Å². The zero-order chi connectivity index (χ0) is 14.4. The summed E-state index contributed by atoms with van der Waals surface area (Å²) < 4.78 is 32.5. The standard InChI is InChI=1S/C14H21F2N3O/c1-2-5-17-13-11(15)8-12(16)14(19-13)18-9-10-3-6-20-7-4-10/h8,10H,2-7,9H2,1H3,(H2,17,18,19). The monoisotopic (exact) mass is 285 g/mol. The summed E-state index contributed by atoms with van der Waals surface area (Å²) in [5, 5.41) is 5.83. The van der Waals surface area contributed by atoms with Crippen molar-refractivity contribution >= 4 is 11.6 Å². The van der Waals surface area contributed by atoms with Crippen molar-refractivity contribution in [2.75, 3.05) is 36.9 Å². The van der Waals surface area contributed by atoms with Gasteiger partial charge in [-0.25, -0.2) is 13.8 Å². The highest BCUT2D eigenvalue weighted by molar-refractivity contribution is 5.47. The normalized spacial score (nSPS) is 16.1. The van der Waals surface area contributed by atoms with Crippen LogP contribution < -0.4 is 10.6 Å². The van der Waals surface area contributed by atoms with E-state index in [2.05, 4.69) is 15.6 Å². The second-order valence-electron chi connectivity index (χ2n) is 5.01. The fourth-order valence-electron chi connectivity index (χ4n) is 2.15. The zero-order valence-electron chi connectivity index (χ0n) is 11.7. The van der Waals surface area contributed by atoms with Gasteiger partial charge >= 0.3 is 0 Å². The predicted octanol–water partition coefficient (Wildman–Crippen LogP) is 3.02. The zero-order valence-corrected chi connectivity index (χ0v) is 11.7. The van der Waals surface area contributed by atoms with Crippen LogP contribution in [0.4, 0.5) is 20.4 Å². The number of nitrogens with one attached hydrogen (secondary N) is 2. The van der Waals surface area contributed by atoms with Gasteiger partial charge in [-0.05, 0) is 25.2 Å². The van der Waals surface area contributed by atoms with Crippen LogP contribution in [-0.2, 0) is 4.74 Å². The predicted molar refractivity (Wildman–Crippen MR) is 75.0 cm³/mol. The van der Waals surface area contributed by atoms with Crippen molar-refractivity contribution in [3.8, 4) is 0 Å². The van der Waals surface area contributed by atoms with Crippen LogP contribution >= 0.6 is 0 Å². The molecule has 0 radical (unpaired) electrons. The number of nitrogens with zero attached hydrogens (tertiary/aromatic N) is 1. The summed E-state index contributed by atoms with van der Waals surface area (Å²) in [6.07, 6.45) is 2.76. The number of anilines is 2. The Morgan fingerprint density at radius 1 is 1.20 bits per heavy atom. The van der Waals surface area contributed by atoms with Gasteiger partial charge in [-0.2, -0.15) is 0 Å². The van der Waals surface area contributed by atoms with E-state index in [-0.39, 0.29) is 11.6 Å². The van der Waals surface area contributed by atoms with Gasteiger partial charge in [0.2, 0.25) is 0 Å². The maximum Gasteiger partial charge on any atom is 0.168 e. The van der Waals surface area contributed by atoms with E-state index in [1.54, 1.807) is 0 Å². The summed E-state index contributed by atoms with van der Waals surface area (Å²) in [7, 11) is 0. The third kappa shape index (κ3) is 4.03. The molecule has 6 heteroatoms. The van der Waals surface area contributed by atoms with Gasteiger partial charge in [0.15, 0.2) is 23.3 Å². The number of pyridine rings is 1. The first-order chi connectivity index (χ1) is 9.70. The van der Waals surface area contributed by atoms with Gasteiger partial charge in [-0.3, -0.25) is 0 Å². The summed E-state index contributed by atoms with van der Waals surface area (Å²) in [5.41, 5.74) is 0. The molecule has 112 valence electrons. The highest BCUT2D eigenvalue weighted by atomic mass is 19.1. The van der Waals surface area contributed by atoms with E-state index in [9.17, 15) is 8.78 Å². The summed E-state index contributed by atoms with van der Waals surface area (Å²) in [6.45, 7) is 4.70. The molecule has 1 aromatic heterocycles. The lowest BCUT2D eigenvalue weighted by atomic mass is 10.0. The number of hydrogen-bond donors (Lipinski definition) is 2. The SMILES string of the molecule is CCCNc1nc(NCC2CCOCC2)c(F)cc1F. The second kappa shape index (κ2) is 7.38. The smallest absolute Gasteiger partial charge is 0.168 e. The molecule has 0 saturated carbocycles. The topological polar surface area (TPSA) is 46.2 Å². The van der Waals surface area contributed by atoms with Gasteiger partial charge in [0.05, 0.1) is 0 Å². The van der Waals surface area contributed by atoms with E-state index in [1.807, 2.05) is 6.92 Å². The molecule has 0 amide bonds. The molecule has 1 aromatic rings. The Morgan fingerprint density at radius 3 is 2.50 bits per heavy atom. The van der Waals surface area contributed by atoms with Crippen molar-refractivity contribution in [2.45, 2.75) is 26.2 Å². The van der Waals surface area contributed by atoms with E-state index >= 15 is 0 Å². The average molecular weight is 285 g/mol. The number of halogens is 2. The van der Waals surface area contributed by atoms with Crippen molar-refractivity contribution in [3.05, 3.63) is 17.7 Å². The molecule has 20 heavy (non-hydrogen) atoms. The number of rotatable bonds is 6. The first kappa shape index (κ1) is 15.0. The number of ether oxygens (including phenoxy) is 1. The minimum Gasteiger partial charge on any atom is -0.381 e. The molecular weight excluding hydrogens is 264 g/mol. The van der Waals surface area contributed by atoms with Crippen LogP contribution in [-0.4, -0.2) is 31.3 Å². The van der Waals surface area contributed by atoms with Crippen LogP contribution in [0.3, 0.4) is 0 Å². The minimum absolute atomic E-state index is 0.0997. The van der Waals surface area contributed by atoms with Gasteiger partial charge in [0.1, 0.15) is 0 Å². The molecule has 0 bridgehead atoms. The van der Waals surface area contributed by atoms with Crippen LogP contribution in [0.1, 0.15) is 26.2 Å². The van der Waals surface area contributed by atoms with E-state index in [1.165, 1.54) is 0 Å². The van der Waals surface area contributed by atoms with Crippen molar-refractivity contribution in [2.24, 2.45) is 5.92 Å². The lowest BCUT2D eigenvalue weighted by molar-refractivity contribution is 0.0699. The van der Waals surface area contributed by atoms with Gasteiger partial charge in [0.25, 0.3) is 0 Å². The van der Waals surface area contributed by atoms with Crippen LogP contribution in [0, 0.1) is 17.6 Å². The van der Waals surface area contributed by atoms with E-state index in [4.69, 9.17) is 4.74 Å². The molecule has 4 nitrogen and oxygen atoms in total. The van der Waals surface area contributed by atoms with Crippen molar-refractivity contribution < 1.29 is 13.5 Å². The molecule has 0 spiro atoms. The highest BCUT2D eigenvalue weighted by Crippen LogP contribution is 2.21. The fourth-order valence-corrected chi connectivity index (χ4v) is 2.15. The molecule has 0 unspecified atom stereocenters. The Morgan fingerprint density at radius 2 is 1.85 bits per heavy atom. The third-order valence-electron chi connectivity index (χ3n) is 3.37. The lowest BCUT2D eigenvalue weighted by Crippen LogP contribution is -2.23. The lowest BCUT2D eigenvalue weighted by Gasteiger charge is -2.22. The molecule has 0 aromatic carbocycles. The second-order valence-corrected chi connectivity index (χ2v) is 5.01. The molecule has 0 aliphatic carbocycles. The Kier molecular flexibility index (Phi) is 5.52. The molecule has 2 rings (SSSR count). The maximum absolute atomic E-state index is 13.7. The van der Waals surface area contributed by atoms with Crippen LogP contribution in [0.5, 0.6) is 0 Å². The van der Waals surface area contributed by atoms with Gasteiger partial charge in [-0.15, -0.1) is 0 Å². The number of hydrogen-bond acceptors (Lipinski definition) is 4. The van der Waals surface area contributed by atoms with Crippen LogP contribution in [0.2, 0.25) is 0 Å². The minimum atomic E-state index is -0.660. The molecule has 1 saturated heterocycles. The van der Waals surface area contributed by atoms with E-state index in [0.717, 1.165) is 38.5 Å². The van der Waals surface area contributed by atoms with Gasteiger partial charge in [0, 0.05) is 32.4 Å². The molecule has 2 N–H and O–H groups in total. The Bertz CT molecular complexity index is 437. The van der Waals surface area contributed by atoms with E-state index in [0.29, 0.717) is 19.0 Å². The third-order valence-corrected chi connectivity index (χ3v) is 3.37. The summed E-state index contributed by atoms with van der Waals surface area (Å²) in [4.78, 5) is 3.99. The van der Waals surface area contributed by atoms with E-state index < -0.39 is 11.6 Å². The van der Waals surface area contributed by atoms with Gasteiger partial charge in [-0.1, -0.05) is 6.92 Å². The molecule has 2 heterocycles. The summed E-state index contributed by atoms with van der Waals surface area (Å²) >= 11 is 0. The largest absolute Gasteiger partial charge is 0.381 e. The molecule has 1 aliphatic rings. The average Bonchev–Trinajstić information content (AvgIpc) is 2.46. The van der Waals surface area contributed by atoms with Crippen LogP contribution in [0.25, 0.3) is 0 Å². The van der Waals surface area contributed by atoms with Crippen molar-refractivity contribution in [1.29, 1.82) is 0 Å². The molecular formula is C14H21F2N3O. The number of aromatic nitrogens is 1. The summed E-state index contributed by atoms with van der Waals surface area (Å²) in [5.74, 6) is -0.662. The molecule has 1 fully saturated rings.